The Morgan fingerprint density at radius 3 is 2.35 bits per heavy atom. The molecule has 0 aromatic heterocycles. The van der Waals surface area contributed by atoms with Crippen LogP contribution in [0.5, 0.6) is 0 Å². The zero-order chi connectivity index (χ0) is 13.3. The Kier molecular flexibility index (Phi) is 8.15. The van der Waals surface area contributed by atoms with Gasteiger partial charge in [0.2, 0.25) is 0 Å². The molecule has 0 aliphatic heterocycles. The number of likely N-dealkylation sites (N-methyl/N-ethyl adjacent to an activating group) is 1. The molecular formula is C15H29NO. The minimum absolute atomic E-state index is 0.105. The van der Waals surface area contributed by atoms with E-state index in [-0.39, 0.29) is 11.5 Å². The van der Waals surface area contributed by atoms with Crippen molar-refractivity contribution in [3.8, 4) is 0 Å². The van der Waals surface area contributed by atoms with Gasteiger partial charge in [-0.1, -0.05) is 39.2 Å². The van der Waals surface area contributed by atoms with Gasteiger partial charge in [0.25, 0.3) is 0 Å². The second-order valence-corrected chi connectivity index (χ2v) is 5.34. The van der Waals surface area contributed by atoms with Crippen molar-refractivity contribution in [3.63, 3.8) is 0 Å². The molecule has 2 nitrogen and oxygen atoms in total. The maximum absolute atomic E-state index is 12.1. The monoisotopic (exact) mass is 239 g/mol. The lowest BCUT2D eigenvalue weighted by Gasteiger charge is -2.29. The van der Waals surface area contributed by atoms with Crippen LogP contribution in [-0.4, -0.2) is 18.4 Å². The van der Waals surface area contributed by atoms with Crippen LogP contribution in [0.2, 0.25) is 0 Å². The molecule has 0 saturated carbocycles. The van der Waals surface area contributed by atoms with E-state index in [4.69, 9.17) is 0 Å². The standard InChI is InChI=1S/C15H29NO/c1-6-7-8-9-10-11-12-15(4,16-5)14(17)13(2)3/h6,13,16H,1,7-12H2,2-5H3. The number of carbonyl (C=O) groups excluding carboxylic acids is 1. The minimum atomic E-state index is -0.341. The maximum atomic E-state index is 12.1. The third-order valence-electron chi connectivity index (χ3n) is 3.46. The average molecular weight is 239 g/mol. The highest BCUT2D eigenvalue weighted by Gasteiger charge is 2.31. The molecule has 0 aliphatic rings. The van der Waals surface area contributed by atoms with Crippen LogP contribution in [0.15, 0.2) is 12.7 Å². The second-order valence-electron chi connectivity index (χ2n) is 5.34. The fourth-order valence-corrected chi connectivity index (χ4v) is 2.13. The number of carbonyl (C=O) groups is 1. The number of nitrogens with one attached hydrogen (secondary N) is 1. The van der Waals surface area contributed by atoms with Gasteiger partial charge in [0.1, 0.15) is 0 Å². The molecule has 0 bridgehead atoms. The molecule has 0 saturated heterocycles. The summed E-state index contributed by atoms with van der Waals surface area (Å²) in [6.45, 7) is 9.69. The van der Waals surface area contributed by atoms with Gasteiger partial charge in [-0.3, -0.25) is 4.79 Å². The van der Waals surface area contributed by atoms with Crippen LogP contribution in [0.1, 0.15) is 59.3 Å². The van der Waals surface area contributed by atoms with E-state index in [2.05, 4.69) is 11.9 Å². The van der Waals surface area contributed by atoms with Crippen molar-refractivity contribution >= 4 is 5.78 Å². The predicted octanol–water partition coefficient (Wildman–Crippen LogP) is 3.72. The van der Waals surface area contributed by atoms with Crippen molar-refractivity contribution in [2.75, 3.05) is 7.05 Å². The molecule has 0 spiro atoms. The molecule has 100 valence electrons. The molecule has 1 atom stereocenters. The first kappa shape index (κ1) is 16.4. The summed E-state index contributed by atoms with van der Waals surface area (Å²) in [7, 11) is 1.89. The molecule has 0 aliphatic carbocycles. The van der Waals surface area contributed by atoms with E-state index < -0.39 is 0 Å². The highest BCUT2D eigenvalue weighted by atomic mass is 16.1. The summed E-state index contributed by atoms with van der Waals surface area (Å²) in [6.07, 6.45) is 8.80. The van der Waals surface area contributed by atoms with E-state index in [1.165, 1.54) is 19.3 Å². The molecule has 0 heterocycles. The van der Waals surface area contributed by atoms with E-state index in [9.17, 15) is 4.79 Å². The lowest BCUT2D eigenvalue weighted by molar-refractivity contribution is -0.128. The normalized spacial score (nSPS) is 14.6. The summed E-state index contributed by atoms with van der Waals surface area (Å²) < 4.78 is 0. The Morgan fingerprint density at radius 1 is 1.29 bits per heavy atom. The van der Waals surface area contributed by atoms with Crippen molar-refractivity contribution in [1.29, 1.82) is 0 Å². The van der Waals surface area contributed by atoms with E-state index in [0.717, 1.165) is 19.3 Å². The Labute approximate surface area is 107 Å². The molecule has 0 aromatic rings. The minimum Gasteiger partial charge on any atom is -0.308 e. The molecule has 0 radical (unpaired) electrons. The molecule has 0 amide bonds. The Bertz CT molecular complexity index is 235. The lowest BCUT2D eigenvalue weighted by Crippen LogP contribution is -2.49. The van der Waals surface area contributed by atoms with Gasteiger partial charge < -0.3 is 5.32 Å². The lowest BCUT2D eigenvalue weighted by atomic mass is 9.84. The Balaban J connectivity index is 3.96. The largest absolute Gasteiger partial charge is 0.308 e. The third kappa shape index (κ3) is 6.02. The van der Waals surface area contributed by atoms with Crippen molar-refractivity contribution in [1.82, 2.24) is 5.32 Å². The first-order valence-corrected chi connectivity index (χ1v) is 6.82. The van der Waals surface area contributed by atoms with Crippen molar-refractivity contribution < 1.29 is 4.79 Å². The zero-order valence-electron chi connectivity index (χ0n) is 12.0. The van der Waals surface area contributed by atoms with Crippen LogP contribution in [-0.2, 0) is 4.79 Å². The summed E-state index contributed by atoms with van der Waals surface area (Å²) >= 11 is 0. The van der Waals surface area contributed by atoms with Gasteiger partial charge in [-0.25, -0.2) is 0 Å². The third-order valence-corrected chi connectivity index (χ3v) is 3.46. The number of ketones is 1. The van der Waals surface area contributed by atoms with Gasteiger partial charge in [0.05, 0.1) is 5.54 Å². The molecule has 0 fully saturated rings. The molecular weight excluding hydrogens is 210 g/mol. The number of hydrogen-bond acceptors (Lipinski definition) is 2. The number of allylic oxidation sites excluding steroid dienone is 1. The molecule has 1 unspecified atom stereocenters. The first-order chi connectivity index (χ1) is 7.98. The fourth-order valence-electron chi connectivity index (χ4n) is 2.13. The van der Waals surface area contributed by atoms with Crippen LogP contribution in [0.3, 0.4) is 0 Å². The van der Waals surface area contributed by atoms with E-state index in [0.29, 0.717) is 5.78 Å². The predicted molar refractivity (Wildman–Crippen MR) is 75.2 cm³/mol. The number of unbranched alkanes of at least 4 members (excludes halogenated alkanes) is 4. The molecule has 0 aromatic carbocycles. The van der Waals surface area contributed by atoms with E-state index >= 15 is 0 Å². The zero-order valence-corrected chi connectivity index (χ0v) is 12.0. The summed E-state index contributed by atoms with van der Waals surface area (Å²) in [5, 5.41) is 3.20. The molecule has 1 N–H and O–H groups in total. The summed E-state index contributed by atoms with van der Waals surface area (Å²) in [4.78, 5) is 12.1. The topological polar surface area (TPSA) is 29.1 Å². The van der Waals surface area contributed by atoms with E-state index in [1.807, 2.05) is 33.9 Å². The summed E-state index contributed by atoms with van der Waals surface area (Å²) in [5.74, 6) is 0.430. The van der Waals surface area contributed by atoms with Gasteiger partial charge >= 0.3 is 0 Å². The van der Waals surface area contributed by atoms with Gasteiger partial charge in [0.15, 0.2) is 5.78 Å². The fraction of sp³-hybridized carbons (Fsp3) is 0.800. The van der Waals surface area contributed by atoms with Crippen LogP contribution < -0.4 is 5.32 Å². The highest BCUT2D eigenvalue weighted by Crippen LogP contribution is 2.20. The van der Waals surface area contributed by atoms with Crippen LogP contribution >= 0.6 is 0 Å². The molecule has 0 rings (SSSR count). The average Bonchev–Trinajstić information content (AvgIpc) is 2.32. The van der Waals surface area contributed by atoms with Crippen LogP contribution in [0.4, 0.5) is 0 Å². The van der Waals surface area contributed by atoms with Gasteiger partial charge in [-0.05, 0) is 33.2 Å². The highest BCUT2D eigenvalue weighted by molar-refractivity contribution is 5.89. The maximum Gasteiger partial charge on any atom is 0.155 e. The Hall–Kier alpha value is -0.630. The van der Waals surface area contributed by atoms with Crippen molar-refractivity contribution in [2.45, 2.75) is 64.8 Å². The summed E-state index contributed by atoms with van der Waals surface area (Å²) in [5.41, 5.74) is -0.341. The van der Waals surface area contributed by atoms with Gasteiger partial charge in [0, 0.05) is 5.92 Å². The number of hydrogen-bond donors (Lipinski definition) is 1. The van der Waals surface area contributed by atoms with Gasteiger partial charge in [-0.2, -0.15) is 0 Å². The number of Topliss-reactive ketones (excluding diaryl/α,β-unsaturated/α-hetero) is 1. The number of rotatable bonds is 10. The quantitative estimate of drug-likeness (QED) is 0.465. The second kappa shape index (κ2) is 8.46. The van der Waals surface area contributed by atoms with Crippen molar-refractivity contribution in [3.05, 3.63) is 12.7 Å². The first-order valence-electron chi connectivity index (χ1n) is 6.82. The van der Waals surface area contributed by atoms with E-state index in [1.54, 1.807) is 0 Å². The summed E-state index contributed by atoms with van der Waals surface area (Å²) in [6, 6.07) is 0. The van der Waals surface area contributed by atoms with Crippen molar-refractivity contribution in [2.24, 2.45) is 5.92 Å². The molecule has 2 heteroatoms. The van der Waals surface area contributed by atoms with Crippen LogP contribution in [0.25, 0.3) is 0 Å². The van der Waals surface area contributed by atoms with Crippen LogP contribution in [0, 0.1) is 5.92 Å². The Morgan fingerprint density at radius 2 is 1.88 bits per heavy atom. The smallest absolute Gasteiger partial charge is 0.155 e. The SMILES string of the molecule is C=CCCCCCCC(C)(NC)C(=O)C(C)C. The molecule has 17 heavy (non-hydrogen) atoms. The van der Waals surface area contributed by atoms with Gasteiger partial charge in [-0.15, -0.1) is 6.58 Å².